The Morgan fingerprint density at radius 1 is 1.26 bits per heavy atom. The minimum Gasteiger partial charge on any atom is -0.366 e. The first-order chi connectivity index (χ1) is 9.38. The van der Waals surface area contributed by atoms with Crippen molar-refractivity contribution in [1.82, 2.24) is 15.3 Å². The lowest BCUT2D eigenvalue weighted by Crippen LogP contribution is -2.44. The van der Waals surface area contributed by atoms with Crippen LogP contribution >= 0.6 is 0 Å². The molecule has 1 aromatic heterocycles. The Bertz CT molecular complexity index is 420. The van der Waals surface area contributed by atoms with Crippen LogP contribution in [0.4, 0.5) is 5.69 Å². The third-order valence-corrected chi connectivity index (χ3v) is 4.38. The van der Waals surface area contributed by atoms with E-state index in [4.69, 9.17) is 4.98 Å². The van der Waals surface area contributed by atoms with E-state index in [1.165, 1.54) is 37.1 Å². The van der Waals surface area contributed by atoms with E-state index in [0.29, 0.717) is 5.92 Å². The van der Waals surface area contributed by atoms with Gasteiger partial charge in [0.2, 0.25) is 0 Å². The molecule has 0 amide bonds. The van der Waals surface area contributed by atoms with Crippen LogP contribution < -0.4 is 10.2 Å². The van der Waals surface area contributed by atoms with Crippen molar-refractivity contribution in [3.63, 3.8) is 0 Å². The van der Waals surface area contributed by atoms with Gasteiger partial charge in [-0.3, -0.25) is 0 Å². The Morgan fingerprint density at radius 3 is 2.68 bits per heavy atom. The molecule has 1 saturated carbocycles. The van der Waals surface area contributed by atoms with Crippen LogP contribution in [0, 0.1) is 0 Å². The van der Waals surface area contributed by atoms with Crippen molar-refractivity contribution in [3.8, 4) is 0 Å². The summed E-state index contributed by atoms with van der Waals surface area (Å²) in [6, 6.07) is 0. The highest BCUT2D eigenvalue weighted by atomic mass is 15.2. The van der Waals surface area contributed by atoms with Gasteiger partial charge in [-0.2, -0.15) is 0 Å². The van der Waals surface area contributed by atoms with Crippen molar-refractivity contribution in [2.24, 2.45) is 0 Å². The minimum atomic E-state index is 0.613. The van der Waals surface area contributed by atoms with E-state index in [1.807, 2.05) is 0 Å². The molecule has 0 aromatic carbocycles. The standard InChI is InChI=1S/C15H24N4/c1-2-13-14(19-9-7-16-8-10-19)11-17-15(18-13)12-5-3-4-6-12/h11-12,16H,2-10H2,1H3. The fraction of sp³-hybridized carbons (Fsp3) is 0.733. The maximum atomic E-state index is 4.88. The fourth-order valence-electron chi connectivity index (χ4n) is 3.24. The summed E-state index contributed by atoms with van der Waals surface area (Å²) in [4.78, 5) is 12.0. The number of nitrogens with zero attached hydrogens (tertiary/aromatic N) is 3. The summed E-state index contributed by atoms with van der Waals surface area (Å²) in [5.74, 6) is 1.70. The molecule has 1 aromatic rings. The van der Waals surface area contributed by atoms with Crippen LogP contribution in [0.5, 0.6) is 0 Å². The summed E-state index contributed by atoms with van der Waals surface area (Å²) in [5.41, 5.74) is 2.49. The van der Waals surface area contributed by atoms with Crippen molar-refractivity contribution >= 4 is 5.69 Å². The highest BCUT2D eigenvalue weighted by Crippen LogP contribution is 2.33. The van der Waals surface area contributed by atoms with Gasteiger partial charge in [-0.15, -0.1) is 0 Å². The molecule has 0 atom stereocenters. The number of aromatic nitrogens is 2. The molecule has 19 heavy (non-hydrogen) atoms. The van der Waals surface area contributed by atoms with E-state index in [0.717, 1.165) is 38.4 Å². The van der Waals surface area contributed by atoms with Gasteiger partial charge >= 0.3 is 0 Å². The third-order valence-electron chi connectivity index (χ3n) is 4.38. The van der Waals surface area contributed by atoms with Crippen molar-refractivity contribution < 1.29 is 0 Å². The zero-order valence-corrected chi connectivity index (χ0v) is 11.9. The van der Waals surface area contributed by atoms with Gasteiger partial charge in [0, 0.05) is 32.1 Å². The monoisotopic (exact) mass is 260 g/mol. The van der Waals surface area contributed by atoms with E-state index < -0.39 is 0 Å². The number of piperazine rings is 1. The van der Waals surface area contributed by atoms with Gasteiger partial charge in [-0.1, -0.05) is 19.8 Å². The Hall–Kier alpha value is -1.16. The van der Waals surface area contributed by atoms with Gasteiger partial charge in [0.05, 0.1) is 17.6 Å². The van der Waals surface area contributed by atoms with Gasteiger partial charge in [-0.25, -0.2) is 9.97 Å². The SMILES string of the molecule is CCc1nc(C2CCCC2)ncc1N1CCNCC1. The summed E-state index contributed by atoms with van der Waals surface area (Å²) in [7, 11) is 0. The van der Waals surface area contributed by atoms with Gasteiger partial charge in [0.15, 0.2) is 0 Å². The number of rotatable bonds is 3. The second-order valence-corrected chi connectivity index (χ2v) is 5.63. The molecule has 4 nitrogen and oxygen atoms in total. The van der Waals surface area contributed by atoms with Crippen molar-refractivity contribution in [1.29, 1.82) is 0 Å². The maximum absolute atomic E-state index is 4.88. The predicted molar refractivity (Wildman–Crippen MR) is 77.7 cm³/mol. The van der Waals surface area contributed by atoms with E-state index in [1.54, 1.807) is 0 Å². The number of nitrogens with one attached hydrogen (secondary N) is 1. The molecule has 1 aliphatic carbocycles. The second-order valence-electron chi connectivity index (χ2n) is 5.63. The summed E-state index contributed by atoms with van der Waals surface area (Å²) in [6.45, 7) is 6.46. The van der Waals surface area contributed by atoms with Gasteiger partial charge < -0.3 is 10.2 Å². The molecule has 0 spiro atoms. The first kappa shape index (κ1) is 12.9. The van der Waals surface area contributed by atoms with E-state index in [9.17, 15) is 0 Å². The van der Waals surface area contributed by atoms with E-state index in [-0.39, 0.29) is 0 Å². The quantitative estimate of drug-likeness (QED) is 0.903. The average molecular weight is 260 g/mol. The van der Waals surface area contributed by atoms with Crippen LogP contribution in [0.3, 0.4) is 0 Å². The number of anilines is 1. The molecular formula is C15H24N4. The Kier molecular flexibility index (Phi) is 3.97. The molecule has 0 bridgehead atoms. The van der Waals surface area contributed by atoms with E-state index in [2.05, 4.69) is 28.3 Å². The summed E-state index contributed by atoms with van der Waals surface area (Å²) in [6.07, 6.45) is 8.31. The van der Waals surface area contributed by atoms with Crippen LogP contribution in [0.25, 0.3) is 0 Å². The topological polar surface area (TPSA) is 41.1 Å². The molecule has 3 rings (SSSR count). The summed E-state index contributed by atoms with van der Waals surface area (Å²) >= 11 is 0. The zero-order valence-electron chi connectivity index (χ0n) is 11.9. The average Bonchev–Trinajstić information content (AvgIpc) is 3.02. The van der Waals surface area contributed by atoms with Crippen LogP contribution in [0.15, 0.2) is 6.20 Å². The number of hydrogen-bond donors (Lipinski definition) is 1. The largest absolute Gasteiger partial charge is 0.366 e. The molecule has 0 unspecified atom stereocenters. The molecule has 104 valence electrons. The molecule has 2 fully saturated rings. The van der Waals surface area contributed by atoms with Gasteiger partial charge in [0.1, 0.15) is 5.82 Å². The normalized spacial score (nSPS) is 21.0. The molecule has 1 aliphatic heterocycles. The van der Waals surface area contributed by atoms with Gasteiger partial charge in [-0.05, 0) is 19.3 Å². The molecule has 4 heteroatoms. The highest BCUT2D eigenvalue weighted by Gasteiger charge is 2.22. The minimum absolute atomic E-state index is 0.613. The summed E-state index contributed by atoms with van der Waals surface area (Å²) < 4.78 is 0. The molecule has 1 saturated heterocycles. The molecule has 2 aliphatic rings. The van der Waals surface area contributed by atoms with Gasteiger partial charge in [0.25, 0.3) is 0 Å². The van der Waals surface area contributed by atoms with Crippen LogP contribution in [-0.2, 0) is 6.42 Å². The number of aryl methyl sites for hydroxylation is 1. The highest BCUT2D eigenvalue weighted by molar-refractivity contribution is 5.49. The van der Waals surface area contributed by atoms with Crippen molar-refractivity contribution in [2.45, 2.75) is 44.9 Å². The Balaban J connectivity index is 1.83. The molecular weight excluding hydrogens is 236 g/mol. The Morgan fingerprint density at radius 2 is 2.00 bits per heavy atom. The lowest BCUT2D eigenvalue weighted by Gasteiger charge is -2.30. The molecule has 1 N–H and O–H groups in total. The maximum Gasteiger partial charge on any atom is 0.131 e. The van der Waals surface area contributed by atoms with Crippen molar-refractivity contribution in [2.75, 3.05) is 31.1 Å². The lowest BCUT2D eigenvalue weighted by atomic mass is 10.1. The zero-order chi connectivity index (χ0) is 13.1. The third kappa shape index (κ3) is 2.73. The van der Waals surface area contributed by atoms with Crippen LogP contribution in [0.1, 0.15) is 50.0 Å². The van der Waals surface area contributed by atoms with Crippen LogP contribution in [0.2, 0.25) is 0 Å². The molecule has 0 radical (unpaired) electrons. The van der Waals surface area contributed by atoms with Crippen LogP contribution in [-0.4, -0.2) is 36.1 Å². The smallest absolute Gasteiger partial charge is 0.131 e. The lowest BCUT2D eigenvalue weighted by molar-refractivity contribution is 0.583. The first-order valence-corrected chi connectivity index (χ1v) is 7.70. The second kappa shape index (κ2) is 5.87. The number of hydrogen-bond acceptors (Lipinski definition) is 4. The molecule has 2 heterocycles. The van der Waals surface area contributed by atoms with Crippen molar-refractivity contribution in [3.05, 3.63) is 17.7 Å². The Labute approximate surface area is 115 Å². The first-order valence-electron chi connectivity index (χ1n) is 7.70. The summed E-state index contributed by atoms with van der Waals surface area (Å²) in [5, 5.41) is 3.40. The fourth-order valence-corrected chi connectivity index (χ4v) is 3.24. The van der Waals surface area contributed by atoms with E-state index >= 15 is 0 Å². The predicted octanol–water partition coefficient (Wildman–Crippen LogP) is 2.11.